The standard InChI is InChI=1S/C11H13N3O3/c12-4-9(15)11(16)13-5-7-1-2-8-10(3-7)17-6-14-8/h1-3,6,9,15H,4-5,12H2,(H,13,16). The summed E-state index contributed by atoms with van der Waals surface area (Å²) < 4.78 is 5.14. The average Bonchev–Trinajstić information content (AvgIpc) is 2.82. The molecule has 1 aromatic carbocycles. The molecule has 2 aromatic rings. The van der Waals surface area contributed by atoms with Crippen molar-refractivity contribution in [2.24, 2.45) is 5.73 Å². The monoisotopic (exact) mass is 235 g/mol. The van der Waals surface area contributed by atoms with Gasteiger partial charge in [-0.15, -0.1) is 0 Å². The number of aromatic nitrogens is 1. The number of carbonyl (C=O) groups excluding carboxylic acids is 1. The molecule has 0 fully saturated rings. The van der Waals surface area contributed by atoms with Crippen molar-refractivity contribution >= 4 is 17.0 Å². The largest absolute Gasteiger partial charge is 0.443 e. The van der Waals surface area contributed by atoms with E-state index in [9.17, 15) is 9.90 Å². The van der Waals surface area contributed by atoms with Crippen LogP contribution >= 0.6 is 0 Å². The quantitative estimate of drug-likeness (QED) is 0.679. The van der Waals surface area contributed by atoms with Crippen LogP contribution in [-0.4, -0.2) is 28.6 Å². The second-order valence-electron chi connectivity index (χ2n) is 3.62. The molecule has 1 amide bonds. The molecule has 0 aliphatic rings. The number of oxazole rings is 1. The number of carbonyl (C=O) groups is 1. The lowest BCUT2D eigenvalue weighted by molar-refractivity contribution is -0.128. The smallest absolute Gasteiger partial charge is 0.250 e. The van der Waals surface area contributed by atoms with Gasteiger partial charge in [-0.1, -0.05) is 6.07 Å². The zero-order chi connectivity index (χ0) is 12.3. The molecule has 0 saturated heterocycles. The lowest BCUT2D eigenvalue weighted by atomic mass is 10.2. The highest BCUT2D eigenvalue weighted by molar-refractivity contribution is 5.80. The Hall–Kier alpha value is -1.92. The third kappa shape index (κ3) is 2.61. The van der Waals surface area contributed by atoms with Gasteiger partial charge in [-0.05, 0) is 17.7 Å². The van der Waals surface area contributed by atoms with Crippen molar-refractivity contribution in [1.82, 2.24) is 10.3 Å². The van der Waals surface area contributed by atoms with E-state index in [4.69, 9.17) is 10.2 Å². The third-order valence-corrected chi connectivity index (χ3v) is 2.39. The molecule has 1 aromatic heterocycles. The number of fused-ring (bicyclic) bond motifs is 1. The van der Waals surface area contributed by atoms with Crippen LogP contribution in [0.5, 0.6) is 0 Å². The topological polar surface area (TPSA) is 101 Å². The Labute approximate surface area is 97.4 Å². The van der Waals surface area contributed by atoms with Crippen molar-refractivity contribution < 1.29 is 14.3 Å². The molecule has 90 valence electrons. The summed E-state index contributed by atoms with van der Waals surface area (Å²) in [6, 6.07) is 5.43. The van der Waals surface area contributed by atoms with Gasteiger partial charge in [0.1, 0.15) is 11.6 Å². The Balaban J connectivity index is 2.01. The molecule has 2 rings (SSSR count). The van der Waals surface area contributed by atoms with E-state index in [1.165, 1.54) is 6.39 Å². The number of amides is 1. The normalized spacial score (nSPS) is 12.6. The fourth-order valence-corrected chi connectivity index (χ4v) is 1.42. The Morgan fingerprint density at radius 3 is 3.18 bits per heavy atom. The van der Waals surface area contributed by atoms with Crippen LogP contribution in [0.25, 0.3) is 11.1 Å². The molecular weight excluding hydrogens is 222 g/mol. The third-order valence-electron chi connectivity index (χ3n) is 2.39. The highest BCUT2D eigenvalue weighted by Crippen LogP contribution is 2.13. The molecule has 1 heterocycles. The lowest BCUT2D eigenvalue weighted by Gasteiger charge is -2.08. The molecule has 4 N–H and O–H groups in total. The zero-order valence-corrected chi connectivity index (χ0v) is 9.09. The first-order valence-electron chi connectivity index (χ1n) is 5.18. The van der Waals surface area contributed by atoms with Crippen molar-refractivity contribution in [3.8, 4) is 0 Å². The predicted octanol–water partition coefficient (Wildman–Crippen LogP) is -0.236. The minimum atomic E-state index is -1.16. The summed E-state index contributed by atoms with van der Waals surface area (Å²) in [6.07, 6.45) is 0.203. The molecule has 0 bridgehead atoms. The van der Waals surface area contributed by atoms with Crippen LogP contribution in [0.3, 0.4) is 0 Å². The number of benzene rings is 1. The molecular formula is C11H13N3O3. The van der Waals surface area contributed by atoms with Gasteiger partial charge in [0.25, 0.3) is 0 Å². The van der Waals surface area contributed by atoms with Crippen molar-refractivity contribution in [2.75, 3.05) is 6.54 Å². The van der Waals surface area contributed by atoms with Gasteiger partial charge in [0, 0.05) is 13.1 Å². The number of hydrogen-bond donors (Lipinski definition) is 3. The fourth-order valence-electron chi connectivity index (χ4n) is 1.42. The van der Waals surface area contributed by atoms with Crippen LogP contribution < -0.4 is 11.1 Å². The first kappa shape index (κ1) is 11.6. The van der Waals surface area contributed by atoms with Crippen molar-refractivity contribution in [3.05, 3.63) is 30.2 Å². The Morgan fingerprint density at radius 2 is 2.41 bits per heavy atom. The fraction of sp³-hybridized carbons (Fsp3) is 0.273. The lowest BCUT2D eigenvalue weighted by Crippen LogP contribution is -2.38. The summed E-state index contributed by atoms with van der Waals surface area (Å²) in [5.41, 5.74) is 7.46. The number of aliphatic hydroxyl groups excluding tert-OH is 1. The number of nitrogens with zero attached hydrogens (tertiary/aromatic N) is 1. The molecule has 17 heavy (non-hydrogen) atoms. The summed E-state index contributed by atoms with van der Waals surface area (Å²) in [4.78, 5) is 15.3. The number of rotatable bonds is 4. The average molecular weight is 235 g/mol. The summed E-state index contributed by atoms with van der Waals surface area (Å²) in [7, 11) is 0. The molecule has 0 aliphatic heterocycles. The minimum absolute atomic E-state index is 0.0903. The van der Waals surface area contributed by atoms with E-state index >= 15 is 0 Å². The first-order valence-corrected chi connectivity index (χ1v) is 5.18. The van der Waals surface area contributed by atoms with Crippen LogP contribution in [0.2, 0.25) is 0 Å². The van der Waals surface area contributed by atoms with E-state index < -0.39 is 12.0 Å². The van der Waals surface area contributed by atoms with Crippen molar-refractivity contribution in [3.63, 3.8) is 0 Å². The molecule has 1 atom stereocenters. The minimum Gasteiger partial charge on any atom is -0.443 e. The molecule has 0 spiro atoms. The van der Waals surface area contributed by atoms with Crippen LogP contribution in [0.4, 0.5) is 0 Å². The molecule has 6 heteroatoms. The Morgan fingerprint density at radius 1 is 1.59 bits per heavy atom. The highest BCUT2D eigenvalue weighted by Gasteiger charge is 2.11. The van der Waals surface area contributed by atoms with Gasteiger partial charge < -0.3 is 20.6 Å². The van der Waals surface area contributed by atoms with E-state index in [2.05, 4.69) is 10.3 Å². The van der Waals surface area contributed by atoms with Gasteiger partial charge in [-0.25, -0.2) is 4.98 Å². The number of aliphatic hydroxyl groups is 1. The zero-order valence-electron chi connectivity index (χ0n) is 9.09. The maximum atomic E-state index is 11.3. The Bertz CT molecular complexity index is 523. The molecule has 0 aliphatic carbocycles. The maximum Gasteiger partial charge on any atom is 0.250 e. The van der Waals surface area contributed by atoms with E-state index in [-0.39, 0.29) is 6.54 Å². The van der Waals surface area contributed by atoms with Gasteiger partial charge in [0.2, 0.25) is 5.91 Å². The van der Waals surface area contributed by atoms with Crippen molar-refractivity contribution in [2.45, 2.75) is 12.6 Å². The molecule has 0 radical (unpaired) electrons. The second-order valence-corrected chi connectivity index (χ2v) is 3.62. The van der Waals surface area contributed by atoms with Gasteiger partial charge in [-0.2, -0.15) is 0 Å². The highest BCUT2D eigenvalue weighted by atomic mass is 16.3. The van der Waals surface area contributed by atoms with E-state index in [1.807, 2.05) is 6.07 Å². The van der Waals surface area contributed by atoms with E-state index in [0.717, 1.165) is 11.1 Å². The van der Waals surface area contributed by atoms with Crippen LogP contribution in [-0.2, 0) is 11.3 Å². The van der Waals surface area contributed by atoms with Gasteiger partial charge in [0.15, 0.2) is 12.0 Å². The second kappa shape index (κ2) is 4.94. The first-order chi connectivity index (χ1) is 8.20. The molecule has 6 nitrogen and oxygen atoms in total. The van der Waals surface area contributed by atoms with E-state index in [1.54, 1.807) is 12.1 Å². The number of hydrogen-bond acceptors (Lipinski definition) is 5. The maximum absolute atomic E-state index is 11.3. The van der Waals surface area contributed by atoms with Gasteiger partial charge >= 0.3 is 0 Å². The van der Waals surface area contributed by atoms with Gasteiger partial charge in [0.05, 0.1) is 0 Å². The molecule has 0 saturated carbocycles. The SMILES string of the molecule is NCC(O)C(=O)NCc1ccc2ncoc2c1. The summed E-state index contributed by atoms with van der Waals surface area (Å²) in [6.45, 7) is 0.222. The van der Waals surface area contributed by atoms with Gasteiger partial charge in [-0.3, -0.25) is 4.79 Å². The summed E-state index contributed by atoms with van der Waals surface area (Å²) >= 11 is 0. The summed E-state index contributed by atoms with van der Waals surface area (Å²) in [5, 5.41) is 11.8. The van der Waals surface area contributed by atoms with Crippen LogP contribution in [0, 0.1) is 0 Å². The van der Waals surface area contributed by atoms with Crippen LogP contribution in [0.1, 0.15) is 5.56 Å². The summed E-state index contributed by atoms with van der Waals surface area (Å²) in [5.74, 6) is -0.481. The Kier molecular flexibility index (Phi) is 3.36. The van der Waals surface area contributed by atoms with E-state index in [0.29, 0.717) is 12.1 Å². The molecule has 1 unspecified atom stereocenters. The predicted molar refractivity (Wildman–Crippen MR) is 60.9 cm³/mol. The van der Waals surface area contributed by atoms with Crippen LogP contribution in [0.15, 0.2) is 29.0 Å². The number of nitrogens with two attached hydrogens (primary N) is 1. The van der Waals surface area contributed by atoms with Crippen molar-refractivity contribution in [1.29, 1.82) is 0 Å². The number of nitrogens with one attached hydrogen (secondary N) is 1.